The molecule has 1 unspecified atom stereocenters. The van der Waals surface area contributed by atoms with Gasteiger partial charge in [-0.1, -0.05) is 15.9 Å². The monoisotopic (exact) mass is 315 g/mol. The van der Waals surface area contributed by atoms with E-state index in [4.69, 9.17) is 4.74 Å². The smallest absolute Gasteiger partial charge is 0.227 e. The summed E-state index contributed by atoms with van der Waals surface area (Å²) in [4.78, 5) is 13.8. The summed E-state index contributed by atoms with van der Waals surface area (Å²) in [6.45, 7) is 3.64. The molecule has 1 amide bonds. The summed E-state index contributed by atoms with van der Waals surface area (Å²) in [5.41, 5.74) is 0.425. The molecule has 0 spiro atoms. The molecular weight excluding hydrogens is 301 g/mol. The zero-order chi connectivity index (χ0) is 13.1. The number of benzene rings is 1. The van der Waals surface area contributed by atoms with E-state index in [-0.39, 0.29) is 24.2 Å². The van der Waals surface area contributed by atoms with Gasteiger partial charge in [0, 0.05) is 17.6 Å². The van der Waals surface area contributed by atoms with Crippen molar-refractivity contribution < 1.29 is 13.9 Å². The van der Waals surface area contributed by atoms with Crippen molar-refractivity contribution in [2.75, 3.05) is 19.7 Å². The molecule has 18 heavy (non-hydrogen) atoms. The lowest BCUT2D eigenvalue weighted by molar-refractivity contribution is -0.137. The molecule has 0 aromatic heterocycles. The van der Waals surface area contributed by atoms with Gasteiger partial charge in [-0.2, -0.15) is 0 Å². The largest absolute Gasteiger partial charge is 0.375 e. The Labute approximate surface area is 114 Å². The van der Waals surface area contributed by atoms with Gasteiger partial charge in [0.15, 0.2) is 0 Å². The lowest BCUT2D eigenvalue weighted by atomic mass is 10.1. The standard InChI is InChI=1S/C13H15BrFNO2/c1-9-8-16(4-5-18-9)13(17)7-10-6-11(14)2-3-12(10)15/h2-3,6,9H,4-5,7-8H2,1H3. The molecule has 3 nitrogen and oxygen atoms in total. The summed E-state index contributed by atoms with van der Waals surface area (Å²) in [6.07, 6.45) is 0.146. The molecule has 1 aliphatic heterocycles. The van der Waals surface area contributed by atoms with Crippen molar-refractivity contribution in [1.29, 1.82) is 0 Å². The van der Waals surface area contributed by atoms with Crippen LogP contribution >= 0.6 is 15.9 Å². The van der Waals surface area contributed by atoms with E-state index in [2.05, 4.69) is 15.9 Å². The molecule has 0 aliphatic carbocycles. The highest BCUT2D eigenvalue weighted by Crippen LogP contribution is 2.17. The number of hydrogen-bond acceptors (Lipinski definition) is 2. The maximum absolute atomic E-state index is 13.6. The van der Waals surface area contributed by atoms with E-state index in [1.54, 1.807) is 17.0 Å². The molecule has 0 N–H and O–H groups in total. The third-order valence-corrected chi connectivity index (χ3v) is 3.44. The Morgan fingerprint density at radius 3 is 3.11 bits per heavy atom. The summed E-state index contributed by atoms with van der Waals surface area (Å²) < 4.78 is 19.7. The van der Waals surface area contributed by atoms with Gasteiger partial charge in [0.1, 0.15) is 5.82 Å². The van der Waals surface area contributed by atoms with Gasteiger partial charge in [-0.25, -0.2) is 4.39 Å². The van der Waals surface area contributed by atoms with Gasteiger partial charge in [-0.15, -0.1) is 0 Å². The summed E-state index contributed by atoms with van der Waals surface area (Å²) in [5.74, 6) is -0.394. The maximum Gasteiger partial charge on any atom is 0.227 e. The van der Waals surface area contributed by atoms with Crippen LogP contribution in [0.3, 0.4) is 0 Å². The molecule has 1 fully saturated rings. The van der Waals surface area contributed by atoms with E-state index >= 15 is 0 Å². The van der Waals surface area contributed by atoms with Crippen molar-refractivity contribution in [2.45, 2.75) is 19.4 Å². The number of morpholine rings is 1. The van der Waals surface area contributed by atoms with Crippen LogP contribution in [-0.2, 0) is 16.0 Å². The first kappa shape index (κ1) is 13.5. The van der Waals surface area contributed by atoms with E-state index in [0.29, 0.717) is 25.3 Å². The highest BCUT2D eigenvalue weighted by atomic mass is 79.9. The number of halogens is 2. The second kappa shape index (κ2) is 5.80. The third kappa shape index (κ3) is 3.29. The van der Waals surface area contributed by atoms with Crippen LogP contribution in [0.25, 0.3) is 0 Å². The maximum atomic E-state index is 13.6. The normalized spacial score (nSPS) is 19.9. The van der Waals surface area contributed by atoms with Crippen molar-refractivity contribution in [3.05, 3.63) is 34.1 Å². The van der Waals surface area contributed by atoms with Gasteiger partial charge in [0.25, 0.3) is 0 Å². The third-order valence-electron chi connectivity index (χ3n) is 2.94. The average molecular weight is 316 g/mol. The number of carbonyl (C=O) groups is 1. The van der Waals surface area contributed by atoms with E-state index in [1.165, 1.54) is 6.07 Å². The SMILES string of the molecule is CC1CN(C(=O)Cc2cc(Br)ccc2F)CCO1. The second-order valence-corrected chi connectivity index (χ2v) is 5.35. The number of carbonyl (C=O) groups excluding carboxylic acids is 1. The number of ether oxygens (including phenoxy) is 1. The van der Waals surface area contributed by atoms with Gasteiger partial charge in [-0.3, -0.25) is 4.79 Å². The van der Waals surface area contributed by atoms with E-state index in [9.17, 15) is 9.18 Å². The Morgan fingerprint density at radius 1 is 1.61 bits per heavy atom. The lowest BCUT2D eigenvalue weighted by Gasteiger charge is -2.31. The summed E-state index contributed by atoms with van der Waals surface area (Å²) in [5, 5.41) is 0. The molecule has 1 heterocycles. The van der Waals surface area contributed by atoms with Crippen molar-refractivity contribution in [3.8, 4) is 0 Å². The Hall–Kier alpha value is -0.940. The van der Waals surface area contributed by atoms with Gasteiger partial charge in [-0.05, 0) is 30.7 Å². The summed E-state index contributed by atoms with van der Waals surface area (Å²) >= 11 is 3.28. The Bertz CT molecular complexity index is 453. The van der Waals surface area contributed by atoms with Crippen molar-refractivity contribution in [2.24, 2.45) is 0 Å². The first-order valence-electron chi connectivity index (χ1n) is 5.89. The van der Waals surface area contributed by atoms with Crippen LogP contribution in [-0.4, -0.2) is 36.6 Å². The van der Waals surface area contributed by atoms with Crippen LogP contribution in [0.15, 0.2) is 22.7 Å². The molecule has 0 saturated carbocycles. The van der Waals surface area contributed by atoms with Crippen LogP contribution in [0.4, 0.5) is 4.39 Å². The Balaban J connectivity index is 2.04. The predicted octanol–water partition coefficient (Wildman–Crippen LogP) is 2.38. The van der Waals surface area contributed by atoms with Gasteiger partial charge in [0.05, 0.1) is 19.1 Å². The molecule has 0 bridgehead atoms. The summed E-state index contributed by atoms with van der Waals surface area (Å²) in [6, 6.07) is 4.64. The fraction of sp³-hybridized carbons (Fsp3) is 0.462. The second-order valence-electron chi connectivity index (χ2n) is 4.43. The molecule has 1 saturated heterocycles. The molecule has 0 radical (unpaired) electrons. The van der Waals surface area contributed by atoms with Crippen LogP contribution in [0.5, 0.6) is 0 Å². The molecule has 1 atom stereocenters. The number of hydrogen-bond donors (Lipinski definition) is 0. The molecule has 1 aromatic carbocycles. The predicted molar refractivity (Wildman–Crippen MR) is 69.8 cm³/mol. The molecule has 1 aliphatic rings. The lowest BCUT2D eigenvalue weighted by Crippen LogP contribution is -2.45. The molecule has 2 rings (SSSR count). The first-order chi connectivity index (χ1) is 8.56. The van der Waals surface area contributed by atoms with E-state index in [0.717, 1.165) is 4.47 Å². The van der Waals surface area contributed by atoms with Gasteiger partial charge < -0.3 is 9.64 Å². The Kier molecular flexibility index (Phi) is 4.35. The molecule has 98 valence electrons. The Morgan fingerprint density at radius 2 is 2.39 bits per heavy atom. The minimum absolute atomic E-state index is 0.0510. The molecular formula is C13H15BrFNO2. The van der Waals surface area contributed by atoms with Crippen LogP contribution in [0.1, 0.15) is 12.5 Å². The van der Waals surface area contributed by atoms with Gasteiger partial charge in [0.2, 0.25) is 5.91 Å². The topological polar surface area (TPSA) is 29.5 Å². The van der Waals surface area contributed by atoms with Crippen LogP contribution in [0.2, 0.25) is 0 Å². The zero-order valence-electron chi connectivity index (χ0n) is 10.2. The minimum atomic E-state index is -0.340. The average Bonchev–Trinajstić information content (AvgIpc) is 2.34. The van der Waals surface area contributed by atoms with Crippen LogP contribution in [0, 0.1) is 5.82 Å². The highest BCUT2D eigenvalue weighted by molar-refractivity contribution is 9.10. The number of amides is 1. The van der Waals surface area contributed by atoms with Crippen molar-refractivity contribution in [1.82, 2.24) is 4.90 Å². The van der Waals surface area contributed by atoms with Crippen molar-refractivity contribution >= 4 is 21.8 Å². The van der Waals surface area contributed by atoms with E-state index in [1.807, 2.05) is 6.92 Å². The number of nitrogens with zero attached hydrogens (tertiary/aromatic N) is 1. The highest BCUT2D eigenvalue weighted by Gasteiger charge is 2.22. The molecule has 1 aromatic rings. The van der Waals surface area contributed by atoms with E-state index < -0.39 is 0 Å². The van der Waals surface area contributed by atoms with Crippen LogP contribution < -0.4 is 0 Å². The fourth-order valence-corrected chi connectivity index (χ4v) is 2.41. The molecule has 5 heteroatoms. The zero-order valence-corrected chi connectivity index (χ0v) is 11.7. The quantitative estimate of drug-likeness (QED) is 0.838. The summed E-state index contributed by atoms with van der Waals surface area (Å²) in [7, 11) is 0. The first-order valence-corrected chi connectivity index (χ1v) is 6.69. The van der Waals surface area contributed by atoms with Gasteiger partial charge >= 0.3 is 0 Å². The van der Waals surface area contributed by atoms with Crippen molar-refractivity contribution in [3.63, 3.8) is 0 Å². The number of rotatable bonds is 2. The minimum Gasteiger partial charge on any atom is -0.375 e. The fourth-order valence-electron chi connectivity index (χ4n) is 2.00.